The van der Waals surface area contributed by atoms with Gasteiger partial charge >= 0.3 is 5.97 Å². The number of likely N-dealkylation sites (tertiary alicyclic amines) is 1. The summed E-state index contributed by atoms with van der Waals surface area (Å²) in [5.41, 5.74) is 2.12. The maximum atomic E-state index is 14.5. The smallest absolute Gasteiger partial charge is 0.320 e. The summed E-state index contributed by atoms with van der Waals surface area (Å²) in [5.74, 6) is -2.21. The Morgan fingerprint density at radius 2 is 2.04 bits per heavy atom. The third-order valence-corrected chi connectivity index (χ3v) is 4.53. The van der Waals surface area contributed by atoms with E-state index >= 15 is 0 Å². The zero-order valence-corrected chi connectivity index (χ0v) is 13.4. The number of aliphatic carboxylic acids is 1. The highest BCUT2D eigenvalue weighted by atomic mass is 19.1. The highest BCUT2D eigenvalue weighted by Crippen LogP contribution is 2.36. The van der Waals surface area contributed by atoms with Gasteiger partial charge in [-0.1, -0.05) is 35.9 Å². The van der Waals surface area contributed by atoms with E-state index in [2.05, 4.69) is 0 Å². The molecule has 0 aliphatic carbocycles. The van der Waals surface area contributed by atoms with Crippen LogP contribution >= 0.6 is 0 Å². The molecule has 3 nitrogen and oxygen atoms in total. The number of benzene rings is 2. The normalized spacial score (nSPS) is 19.4. The monoisotopic (exact) mass is 331 g/mol. The van der Waals surface area contributed by atoms with E-state index in [9.17, 15) is 18.7 Å². The summed E-state index contributed by atoms with van der Waals surface area (Å²) in [6, 6.07) is 9.84. The van der Waals surface area contributed by atoms with Crippen molar-refractivity contribution in [1.82, 2.24) is 4.90 Å². The third-order valence-electron chi connectivity index (χ3n) is 4.53. The first-order valence-electron chi connectivity index (χ1n) is 7.97. The van der Waals surface area contributed by atoms with Gasteiger partial charge in [0.05, 0.1) is 6.04 Å². The summed E-state index contributed by atoms with van der Waals surface area (Å²) in [6.45, 7) is 2.49. The summed E-state index contributed by atoms with van der Waals surface area (Å²) in [5, 5.41) is 9.50. The lowest BCUT2D eigenvalue weighted by molar-refractivity contribution is -0.142. The summed E-state index contributed by atoms with van der Waals surface area (Å²) < 4.78 is 27.8. The van der Waals surface area contributed by atoms with Crippen molar-refractivity contribution in [2.45, 2.75) is 31.8 Å². The summed E-state index contributed by atoms with van der Waals surface area (Å²) in [6.07, 6.45) is 1.27. The van der Waals surface area contributed by atoms with E-state index in [4.69, 9.17) is 0 Å². The standard InChI is InChI=1S/C19H19F2NO2/c1-12-4-2-5-13(10-12)18(15-8-7-14(20)11-16(15)21)22-9-3-6-17(22)19(23)24/h2,4-5,7-8,10-11,17-18H,3,6,9H2,1H3,(H,23,24). The molecule has 0 spiro atoms. The number of aryl methyl sites for hydroxylation is 1. The topological polar surface area (TPSA) is 40.5 Å². The molecule has 1 saturated heterocycles. The lowest BCUT2D eigenvalue weighted by atomic mass is 9.94. The summed E-state index contributed by atoms with van der Waals surface area (Å²) in [4.78, 5) is 13.4. The largest absolute Gasteiger partial charge is 0.480 e. The number of rotatable bonds is 4. The molecule has 3 rings (SSSR count). The summed E-state index contributed by atoms with van der Waals surface area (Å²) in [7, 11) is 0. The number of carboxylic acid groups (broad SMARTS) is 1. The van der Waals surface area contributed by atoms with Gasteiger partial charge in [0.15, 0.2) is 0 Å². The second-order valence-corrected chi connectivity index (χ2v) is 6.22. The minimum Gasteiger partial charge on any atom is -0.480 e. The predicted molar refractivity (Wildman–Crippen MR) is 86.7 cm³/mol. The van der Waals surface area contributed by atoms with E-state index in [0.717, 1.165) is 23.6 Å². The van der Waals surface area contributed by atoms with Crippen LogP contribution in [0.3, 0.4) is 0 Å². The SMILES string of the molecule is Cc1cccc(C(c2ccc(F)cc2F)N2CCCC2C(=O)O)c1. The maximum Gasteiger partial charge on any atom is 0.320 e. The quantitative estimate of drug-likeness (QED) is 0.923. The minimum atomic E-state index is -0.910. The molecule has 5 heteroatoms. The van der Waals surface area contributed by atoms with Crippen molar-refractivity contribution in [3.8, 4) is 0 Å². The van der Waals surface area contributed by atoms with Crippen LogP contribution < -0.4 is 0 Å². The molecule has 24 heavy (non-hydrogen) atoms. The van der Waals surface area contributed by atoms with Gasteiger partial charge in [0.25, 0.3) is 0 Å². The van der Waals surface area contributed by atoms with Gasteiger partial charge in [0, 0.05) is 18.2 Å². The van der Waals surface area contributed by atoms with Crippen LogP contribution in [-0.4, -0.2) is 28.6 Å². The Labute approximate surface area is 139 Å². The number of hydrogen-bond acceptors (Lipinski definition) is 2. The summed E-state index contributed by atoms with van der Waals surface area (Å²) >= 11 is 0. The molecule has 2 atom stereocenters. The van der Waals surface area contributed by atoms with Crippen LogP contribution in [0.15, 0.2) is 42.5 Å². The van der Waals surface area contributed by atoms with Crippen molar-refractivity contribution in [3.05, 3.63) is 70.8 Å². The Morgan fingerprint density at radius 1 is 1.25 bits per heavy atom. The van der Waals surface area contributed by atoms with E-state index < -0.39 is 29.7 Å². The molecule has 2 aromatic rings. The Bertz CT molecular complexity index is 763. The molecule has 2 aromatic carbocycles. The Balaban J connectivity index is 2.12. The van der Waals surface area contributed by atoms with E-state index in [1.54, 1.807) is 4.90 Å². The minimum absolute atomic E-state index is 0.301. The number of nitrogens with zero attached hydrogens (tertiary/aromatic N) is 1. The highest BCUT2D eigenvalue weighted by molar-refractivity contribution is 5.74. The molecule has 126 valence electrons. The molecule has 1 heterocycles. The number of carbonyl (C=O) groups is 1. The van der Waals surface area contributed by atoms with E-state index in [1.165, 1.54) is 12.1 Å². The van der Waals surface area contributed by atoms with Crippen LogP contribution in [0, 0.1) is 18.6 Å². The molecule has 0 radical (unpaired) electrons. The van der Waals surface area contributed by atoms with Gasteiger partial charge in [-0.15, -0.1) is 0 Å². The van der Waals surface area contributed by atoms with Gasteiger partial charge < -0.3 is 5.11 Å². The van der Waals surface area contributed by atoms with Crippen molar-refractivity contribution < 1.29 is 18.7 Å². The second kappa shape index (κ2) is 6.69. The van der Waals surface area contributed by atoms with Crippen LogP contribution in [0.5, 0.6) is 0 Å². The van der Waals surface area contributed by atoms with E-state index in [1.807, 2.05) is 31.2 Å². The lowest BCUT2D eigenvalue weighted by Gasteiger charge is -2.32. The number of carboxylic acids is 1. The van der Waals surface area contributed by atoms with Crippen molar-refractivity contribution >= 4 is 5.97 Å². The van der Waals surface area contributed by atoms with Crippen molar-refractivity contribution in [2.24, 2.45) is 0 Å². The fourth-order valence-electron chi connectivity index (χ4n) is 3.48. The Morgan fingerprint density at radius 3 is 2.71 bits per heavy atom. The molecule has 1 fully saturated rings. The van der Waals surface area contributed by atoms with Gasteiger partial charge in [-0.05, 0) is 31.4 Å². The van der Waals surface area contributed by atoms with Crippen LogP contribution in [0.1, 0.15) is 35.6 Å². The molecule has 0 saturated carbocycles. The first-order valence-corrected chi connectivity index (χ1v) is 7.97. The Hall–Kier alpha value is -2.27. The van der Waals surface area contributed by atoms with E-state index in [0.29, 0.717) is 18.5 Å². The average molecular weight is 331 g/mol. The molecule has 2 unspecified atom stereocenters. The second-order valence-electron chi connectivity index (χ2n) is 6.22. The van der Waals surface area contributed by atoms with Crippen molar-refractivity contribution in [3.63, 3.8) is 0 Å². The molecule has 1 N–H and O–H groups in total. The molecule has 0 amide bonds. The molecular weight excluding hydrogens is 312 g/mol. The van der Waals surface area contributed by atoms with Gasteiger partial charge in [-0.2, -0.15) is 0 Å². The molecular formula is C19H19F2NO2. The predicted octanol–water partition coefficient (Wildman–Crippen LogP) is 3.91. The zero-order chi connectivity index (χ0) is 17.3. The zero-order valence-electron chi connectivity index (χ0n) is 13.4. The first kappa shape index (κ1) is 16.6. The van der Waals surface area contributed by atoms with Crippen LogP contribution in [0.4, 0.5) is 8.78 Å². The van der Waals surface area contributed by atoms with Gasteiger partial charge in [-0.3, -0.25) is 9.69 Å². The van der Waals surface area contributed by atoms with Crippen LogP contribution in [0.25, 0.3) is 0 Å². The molecule has 0 aromatic heterocycles. The molecule has 1 aliphatic heterocycles. The van der Waals surface area contributed by atoms with Crippen LogP contribution in [-0.2, 0) is 4.79 Å². The average Bonchev–Trinajstić information content (AvgIpc) is 2.99. The van der Waals surface area contributed by atoms with Gasteiger partial charge in [0.2, 0.25) is 0 Å². The first-order chi connectivity index (χ1) is 11.5. The maximum absolute atomic E-state index is 14.5. The molecule has 1 aliphatic rings. The van der Waals surface area contributed by atoms with Crippen LogP contribution in [0.2, 0.25) is 0 Å². The fourth-order valence-corrected chi connectivity index (χ4v) is 3.48. The number of halogens is 2. The highest BCUT2D eigenvalue weighted by Gasteiger charge is 2.37. The van der Waals surface area contributed by atoms with E-state index in [-0.39, 0.29) is 0 Å². The molecule has 0 bridgehead atoms. The van der Waals surface area contributed by atoms with Crippen molar-refractivity contribution in [2.75, 3.05) is 6.54 Å². The van der Waals surface area contributed by atoms with Gasteiger partial charge in [0.1, 0.15) is 17.7 Å². The van der Waals surface area contributed by atoms with Gasteiger partial charge in [-0.25, -0.2) is 8.78 Å². The Kier molecular flexibility index (Phi) is 4.62. The third kappa shape index (κ3) is 3.17. The van der Waals surface area contributed by atoms with Crippen molar-refractivity contribution in [1.29, 1.82) is 0 Å². The number of hydrogen-bond donors (Lipinski definition) is 1. The lowest BCUT2D eigenvalue weighted by Crippen LogP contribution is -2.39. The fraction of sp³-hybridized carbons (Fsp3) is 0.316.